The van der Waals surface area contributed by atoms with E-state index < -0.39 is 28.3 Å². The first kappa shape index (κ1) is 27.1. The topological polar surface area (TPSA) is 162 Å². The molecule has 1 aromatic heterocycles. The number of nitrogens with one attached hydrogen (secondary N) is 2. The van der Waals surface area contributed by atoms with Crippen LogP contribution in [0.2, 0.25) is 0 Å². The van der Waals surface area contributed by atoms with Crippen molar-refractivity contribution >= 4 is 39.1 Å². The first-order chi connectivity index (χ1) is 17.0. The van der Waals surface area contributed by atoms with Crippen LogP contribution in [0.15, 0.2) is 57.8 Å². The third-order valence-electron chi connectivity index (χ3n) is 5.31. The molecule has 0 spiro atoms. The molecular weight excluding hydrogens is 488 g/mol. The van der Waals surface area contributed by atoms with Gasteiger partial charge in [0.25, 0.3) is 0 Å². The summed E-state index contributed by atoms with van der Waals surface area (Å²) in [6.07, 6.45) is -2.46. The number of rotatable bonds is 11. The Kier molecular flexibility index (Phi) is 8.66. The van der Waals surface area contributed by atoms with E-state index in [2.05, 4.69) is 15.6 Å². The van der Waals surface area contributed by atoms with Crippen molar-refractivity contribution in [2.75, 3.05) is 18.4 Å². The van der Waals surface area contributed by atoms with Gasteiger partial charge in [-0.05, 0) is 30.0 Å². The van der Waals surface area contributed by atoms with Crippen LogP contribution in [0.25, 0.3) is 11.1 Å². The van der Waals surface area contributed by atoms with E-state index in [-0.39, 0.29) is 47.8 Å². The molecule has 3 rings (SSSR count). The van der Waals surface area contributed by atoms with Gasteiger partial charge in [0.05, 0.1) is 17.0 Å². The minimum absolute atomic E-state index is 0.0509. The molecule has 12 heteroatoms. The van der Waals surface area contributed by atoms with Gasteiger partial charge < -0.3 is 19.9 Å². The van der Waals surface area contributed by atoms with Crippen LogP contribution in [-0.4, -0.2) is 65.2 Å². The number of nitrogens with zero attached hydrogens (tertiary/aromatic N) is 2. The third kappa shape index (κ3) is 7.03. The Hall–Kier alpha value is -3.48. The summed E-state index contributed by atoms with van der Waals surface area (Å²) < 4.78 is 33.8. The summed E-state index contributed by atoms with van der Waals surface area (Å²) in [5.74, 6) is -0.459. The zero-order chi connectivity index (χ0) is 26.5. The molecule has 1 heterocycles. The number of aliphatic hydroxyl groups excluding tert-OH is 1. The maximum Gasteiger partial charge on any atom is 0.404 e. The molecule has 0 saturated heterocycles. The van der Waals surface area contributed by atoms with Gasteiger partial charge in [0.15, 0.2) is 5.58 Å². The number of anilines is 1. The largest absolute Gasteiger partial charge is 0.465 e. The molecule has 0 aliphatic rings. The second kappa shape index (κ2) is 11.5. The van der Waals surface area contributed by atoms with E-state index in [1.54, 1.807) is 24.3 Å². The molecule has 11 nitrogen and oxygen atoms in total. The molecule has 2 atom stereocenters. The molecule has 2 unspecified atom stereocenters. The van der Waals surface area contributed by atoms with Crippen molar-refractivity contribution < 1.29 is 32.6 Å². The monoisotopic (exact) mass is 518 g/mol. The summed E-state index contributed by atoms with van der Waals surface area (Å²) in [5.41, 5.74) is 1.32. The molecule has 0 bridgehead atoms. The molecule has 2 amide bonds. The molecule has 36 heavy (non-hydrogen) atoms. The van der Waals surface area contributed by atoms with Crippen LogP contribution in [0.5, 0.6) is 0 Å². The smallest absolute Gasteiger partial charge is 0.404 e. The normalized spacial score (nSPS) is 13.6. The summed E-state index contributed by atoms with van der Waals surface area (Å²) in [4.78, 5) is 26.7. The SMILES string of the molecule is CC(=O)Nc1nc2ccc(S(=O)(=O)N(CC(C)C)CC(O)C(Cc3ccccc3)NC(=O)O)cc2o1. The van der Waals surface area contributed by atoms with Crippen LogP contribution in [-0.2, 0) is 21.2 Å². The van der Waals surface area contributed by atoms with E-state index in [0.29, 0.717) is 5.52 Å². The molecular formula is C24H30N4O7S. The highest BCUT2D eigenvalue weighted by Gasteiger charge is 2.31. The lowest BCUT2D eigenvalue weighted by molar-refractivity contribution is -0.114. The number of fused-ring (bicyclic) bond motifs is 1. The molecule has 4 N–H and O–H groups in total. The molecule has 194 valence electrons. The standard InChI is InChI=1S/C24H30N4O7S/c1-15(2)13-28(14-21(30)20(27-24(31)32)11-17-7-5-4-6-8-17)36(33,34)18-9-10-19-22(12-18)35-23(26-19)25-16(3)29/h4-10,12,15,20-21,27,30H,11,13-14H2,1-3H3,(H,31,32)(H,25,26,29). The summed E-state index contributed by atoms with van der Waals surface area (Å²) in [5, 5.41) is 25.0. The zero-order valence-electron chi connectivity index (χ0n) is 20.2. The average Bonchev–Trinajstić information content (AvgIpc) is 3.19. The van der Waals surface area contributed by atoms with Crippen molar-refractivity contribution in [3.05, 3.63) is 54.1 Å². The maximum absolute atomic E-state index is 13.6. The van der Waals surface area contributed by atoms with E-state index in [1.165, 1.54) is 25.1 Å². The van der Waals surface area contributed by atoms with E-state index >= 15 is 0 Å². The van der Waals surface area contributed by atoms with Crippen molar-refractivity contribution in [3.8, 4) is 0 Å². The number of carbonyl (C=O) groups excluding carboxylic acids is 1. The van der Waals surface area contributed by atoms with E-state index in [4.69, 9.17) is 4.42 Å². The summed E-state index contributed by atoms with van der Waals surface area (Å²) in [7, 11) is -4.11. The second-order valence-electron chi connectivity index (χ2n) is 8.86. The number of hydrogen-bond acceptors (Lipinski definition) is 7. The van der Waals surface area contributed by atoms with Gasteiger partial charge >= 0.3 is 12.1 Å². The molecule has 0 aliphatic carbocycles. The third-order valence-corrected chi connectivity index (χ3v) is 7.14. The number of aliphatic hydroxyl groups is 1. The van der Waals surface area contributed by atoms with Gasteiger partial charge in [-0.3, -0.25) is 10.1 Å². The highest BCUT2D eigenvalue weighted by molar-refractivity contribution is 7.89. The lowest BCUT2D eigenvalue weighted by atomic mass is 10.0. The van der Waals surface area contributed by atoms with E-state index in [9.17, 15) is 28.2 Å². The summed E-state index contributed by atoms with van der Waals surface area (Å²) in [6, 6.07) is 12.2. The Morgan fingerprint density at radius 3 is 2.42 bits per heavy atom. The van der Waals surface area contributed by atoms with Crippen LogP contribution in [0.3, 0.4) is 0 Å². The second-order valence-corrected chi connectivity index (χ2v) is 10.8. The Morgan fingerprint density at radius 1 is 1.11 bits per heavy atom. The van der Waals surface area contributed by atoms with Crippen LogP contribution < -0.4 is 10.6 Å². The maximum atomic E-state index is 13.6. The van der Waals surface area contributed by atoms with Crippen LogP contribution >= 0.6 is 0 Å². The molecule has 0 saturated carbocycles. The zero-order valence-corrected chi connectivity index (χ0v) is 21.0. The lowest BCUT2D eigenvalue weighted by Crippen LogP contribution is -2.50. The minimum atomic E-state index is -4.11. The van der Waals surface area contributed by atoms with Crippen LogP contribution in [0.4, 0.5) is 10.8 Å². The molecule has 0 fully saturated rings. The highest BCUT2D eigenvalue weighted by Crippen LogP contribution is 2.25. The van der Waals surface area contributed by atoms with E-state index in [0.717, 1.165) is 9.87 Å². The molecule has 3 aromatic rings. The summed E-state index contributed by atoms with van der Waals surface area (Å²) >= 11 is 0. The van der Waals surface area contributed by atoms with Gasteiger partial charge in [-0.25, -0.2) is 13.2 Å². The van der Waals surface area contributed by atoms with Gasteiger partial charge in [-0.15, -0.1) is 0 Å². The van der Waals surface area contributed by atoms with Crippen LogP contribution in [0, 0.1) is 5.92 Å². The van der Waals surface area contributed by atoms with Gasteiger partial charge in [-0.1, -0.05) is 44.2 Å². The number of sulfonamides is 1. The van der Waals surface area contributed by atoms with Gasteiger partial charge in [0.1, 0.15) is 5.52 Å². The lowest BCUT2D eigenvalue weighted by Gasteiger charge is -2.30. The fraction of sp³-hybridized carbons (Fsp3) is 0.375. The van der Waals surface area contributed by atoms with Crippen LogP contribution in [0.1, 0.15) is 26.3 Å². The quantitative estimate of drug-likeness (QED) is 0.301. The fourth-order valence-electron chi connectivity index (χ4n) is 3.74. The molecule has 0 aliphatic heterocycles. The number of carbonyl (C=O) groups is 2. The highest BCUT2D eigenvalue weighted by atomic mass is 32.2. The Balaban J connectivity index is 1.89. The van der Waals surface area contributed by atoms with Crippen molar-refractivity contribution in [3.63, 3.8) is 0 Å². The number of carboxylic acid groups (broad SMARTS) is 1. The minimum Gasteiger partial charge on any atom is -0.465 e. The van der Waals surface area contributed by atoms with Gasteiger partial charge in [0.2, 0.25) is 15.9 Å². The van der Waals surface area contributed by atoms with Gasteiger partial charge in [-0.2, -0.15) is 9.29 Å². The average molecular weight is 519 g/mol. The Labute approximate surface area is 209 Å². The summed E-state index contributed by atoms with van der Waals surface area (Å²) in [6.45, 7) is 4.74. The first-order valence-corrected chi connectivity index (χ1v) is 12.8. The fourth-order valence-corrected chi connectivity index (χ4v) is 5.38. The molecule has 2 aromatic carbocycles. The first-order valence-electron chi connectivity index (χ1n) is 11.4. The van der Waals surface area contributed by atoms with Crippen molar-refractivity contribution in [2.24, 2.45) is 5.92 Å². The van der Waals surface area contributed by atoms with Crippen molar-refractivity contribution in [1.29, 1.82) is 0 Å². The van der Waals surface area contributed by atoms with Gasteiger partial charge in [0, 0.05) is 26.1 Å². The molecule has 0 radical (unpaired) electrons. The number of aromatic nitrogens is 1. The number of oxazole rings is 1. The number of amides is 2. The number of benzene rings is 2. The van der Waals surface area contributed by atoms with E-state index in [1.807, 2.05) is 19.9 Å². The van der Waals surface area contributed by atoms with Crippen molar-refractivity contribution in [1.82, 2.24) is 14.6 Å². The Bertz CT molecular complexity index is 1310. The predicted octanol–water partition coefficient (Wildman–Crippen LogP) is 2.67. The predicted molar refractivity (Wildman–Crippen MR) is 133 cm³/mol. The number of hydrogen-bond donors (Lipinski definition) is 4. The Morgan fingerprint density at radius 2 is 1.81 bits per heavy atom. The van der Waals surface area contributed by atoms with Crippen molar-refractivity contribution in [2.45, 2.75) is 44.2 Å².